The highest BCUT2D eigenvalue weighted by Crippen LogP contribution is 2.32. The Bertz CT molecular complexity index is 794. The predicted molar refractivity (Wildman–Crippen MR) is 74.9 cm³/mol. The lowest BCUT2D eigenvalue weighted by Gasteiger charge is -2.18. The Kier molecular flexibility index (Phi) is 2.96. The molecule has 0 bridgehead atoms. The van der Waals surface area contributed by atoms with Crippen molar-refractivity contribution in [3.05, 3.63) is 69.2 Å². The first kappa shape index (κ1) is 13.0. The summed E-state index contributed by atoms with van der Waals surface area (Å²) in [6.07, 6.45) is 0. The van der Waals surface area contributed by atoms with Crippen LogP contribution < -0.4 is 0 Å². The van der Waals surface area contributed by atoms with E-state index in [0.717, 1.165) is 0 Å². The quantitative estimate of drug-likeness (QED) is 0.647. The van der Waals surface area contributed by atoms with Crippen LogP contribution in [0.1, 0.15) is 42.2 Å². The third-order valence-corrected chi connectivity index (χ3v) is 3.75. The fourth-order valence-corrected chi connectivity index (χ4v) is 2.65. The summed E-state index contributed by atoms with van der Waals surface area (Å²) in [5.41, 5.74) is 1.04. The van der Waals surface area contributed by atoms with Crippen LogP contribution >= 0.6 is 23.2 Å². The number of carbonyl (C=O) groups is 3. The standard InChI is InChI=1S/C15H6Cl2O3/c16-11-3-1-2-9-12(11)14(19)8-5-4-7(15(17)20)6-10(8)13(9)18/h1-6H. The lowest BCUT2D eigenvalue weighted by Crippen LogP contribution is -2.21. The van der Waals surface area contributed by atoms with Gasteiger partial charge in [-0.25, -0.2) is 0 Å². The number of benzene rings is 2. The lowest BCUT2D eigenvalue weighted by atomic mass is 9.83. The molecule has 5 heteroatoms. The van der Waals surface area contributed by atoms with Crippen molar-refractivity contribution in [1.82, 2.24) is 0 Å². The second kappa shape index (κ2) is 4.54. The predicted octanol–water partition coefficient (Wildman–Crippen LogP) is 3.49. The van der Waals surface area contributed by atoms with Crippen molar-refractivity contribution >= 4 is 40.0 Å². The molecule has 3 rings (SSSR count). The van der Waals surface area contributed by atoms with E-state index in [1.807, 2.05) is 0 Å². The minimum absolute atomic E-state index is 0.177. The number of ketones is 2. The highest BCUT2D eigenvalue weighted by Gasteiger charge is 2.31. The molecule has 2 aromatic carbocycles. The highest BCUT2D eigenvalue weighted by atomic mass is 35.5. The molecule has 98 valence electrons. The van der Waals surface area contributed by atoms with E-state index >= 15 is 0 Å². The van der Waals surface area contributed by atoms with Crippen molar-refractivity contribution in [2.45, 2.75) is 0 Å². The molecule has 0 heterocycles. The molecule has 0 saturated carbocycles. The summed E-state index contributed by atoms with van der Waals surface area (Å²) in [4.78, 5) is 36.0. The van der Waals surface area contributed by atoms with Crippen molar-refractivity contribution in [1.29, 1.82) is 0 Å². The summed E-state index contributed by atoms with van der Waals surface area (Å²) in [6, 6.07) is 8.90. The molecule has 0 amide bonds. The van der Waals surface area contributed by atoms with E-state index in [4.69, 9.17) is 23.2 Å². The number of hydrogen-bond acceptors (Lipinski definition) is 3. The minimum atomic E-state index is -0.676. The molecule has 0 fully saturated rings. The zero-order chi connectivity index (χ0) is 14.4. The van der Waals surface area contributed by atoms with Gasteiger partial charge in [-0.15, -0.1) is 0 Å². The first-order chi connectivity index (χ1) is 9.50. The number of rotatable bonds is 1. The molecule has 3 nitrogen and oxygen atoms in total. The third kappa shape index (κ3) is 1.79. The molecule has 2 aromatic rings. The summed E-state index contributed by atoms with van der Waals surface area (Å²) in [5, 5.41) is -0.436. The molecule has 0 radical (unpaired) electrons. The summed E-state index contributed by atoms with van der Waals surface area (Å²) < 4.78 is 0. The molecule has 0 aromatic heterocycles. The molecule has 0 saturated heterocycles. The number of halogens is 2. The molecular formula is C15H6Cl2O3. The van der Waals surface area contributed by atoms with Crippen molar-refractivity contribution < 1.29 is 14.4 Å². The van der Waals surface area contributed by atoms with Gasteiger partial charge in [-0.2, -0.15) is 0 Å². The topological polar surface area (TPSA) is 51.2 Å². The second-order valence-corrected chi connectivity index (χ2v) is 5.11. The molecule has 0 spiro atoms. The molecule has 1 aliphatic rings. The molecule has 0 unspecified atom stereocenters. The van der Waals surface area contributed by atoms with E-state index in [-0.39, 0.29) is 44.4 Å². The van der Waals surface area contributed by atoms with E-state index in [1.165, 1.54) is 18.2 Å². The maximum atomic E-state index is 12.4. The van der Waals surface area contributed by atoms with Crippen LogP contribution in [0.4, 0.5) is 0 Å². The fraction of sp³-hybridized carbons (Fsp3) is 0. The molecular weight excluding hydrogens is 299 g/mol. The van der Waals surface area contributed by atoms with Crippen LogP contribution in [-0.2, 0) is 0 Å². The molecule has 0 N–H and O–H groups in total. The Hall–Kier alpha value is -1.97. The monoisotopic (exact) mass is 304 g/mol. The average molecular weight is 305 g/mol. The van der Waals surface area contributed by atoms with Crippen LogP contribution in [0.25, 0.3) is 0 Å². The number of hydrogen-bond donors (Lipinski definition) is 0. The first-order valence-electron chi connectivity index (χ1n) is 5.72. The Morgan fingerprint density at radius 1 is 0.900 bits per heavy atom. The third-order valence-electron chi connectivity index (χ3n) is 3.22. The number of carbonyl (C=O) groups excluding carboxylic acids is 3. The first-order valence-corrected chi connectivity index (χ1v) is 6.48. The zero-order valence-electron chi connectivity index (χ0n) is 9.94. The Balaban J connectivity index is 2.29. The van der Waals surface area contributed by atoms with Crippen LogP contribution in [-0.4, -0.2) is 16.8 Å². The van der Waals surface area contributed by atoms with Crippen molar-refractivity contribution in [3.8, 4) is 0 Å². The maximum absolute atomic E-state index is 12.4. The van der Waals surface area contributed by atoms with Gasteiger partial charge in [0.25, 0.3) is 5.24 Å². The van der Waals surface area contributed by atoms with Crippen LogP contribution in [0.5, 0.6) is 0 Å². The van der Waals surface area contributed by atoms with Gasteiger partial charge in [-0.3, -0.25) is 14.4 Å². The van der Waals surface area contributed by atoms with Gasteiger partial charge in [-0.1, -0.05) is 23.7 Å². The smallest absolute Gasteiger partial charge is 0.252 e. The van der Waals surface area contributed by atoms with Crippen molar-refractivity contribution in [3.63, 3.8) is 0 Å². The molecule has 0 aliphatic heterocycles. The van der Waals surface area contributed by atoms with Crippen LogP contribution in [0.3, 0.4) is 0 Å². The van der Waals surface area contributed by atoms with Gasteiger partial charge in [-0.05, 0) is 35.9 Å². The fourth-order valence-electron chi connectivity index (χ4n) is 2.28. The van der Waals surface area contributed by atoms with E-state index in [2.05, 4.69) is 0 Å². The van der Waals surface area contributed by atoms with Gasteiger partial charge in [0.15, 0.2) is 11.6 Å². The van der Waals surface area contributed by atoms with Gasteiger partial charge in [0.05, 0.1) is 10.6 Å². The van der Waals surface area contributed by atoms with Gasteiger partial charge < -0.3 is 0 Å². The van der Waals surface area contributed by atoms with Gasteiger partial charge in [0, 0.05) is 22.3 Å². The number of fused-ring (bicyclic) bond motifs is 2. The summed E-state index contributed by atoms with van der Waals surface area (Å²) >= 11 is 11.4. The van der Waals surface area contributed by atoms with Crippen molar-refractivity contribution in [2.75, 3.05) is 0 Å². The second-order valence-electron chi connectivity index (χ2n) is 4.35. The molecule has 0 atom stereocenters. The normalized spacial score (nSPS) is 12.9. The maximum Gasteiger partial charge on any atom is 0.252 e. The zero-order valence-corrected chi connectivity index (χ0v) is 11.5. The highest BCUT2D eigenvalue weighted by molar-refractivity contribution is 6.67. The molecule has 20 heavy (non-hydrogen) atoms. The summed E-state index contributed by atoms with van der Waals surface area (Å²) in [7, 11) is 0. The van der Waals surface area contributed by atoms with Gasteiger partial charge >= 0.3 is 0 Å². The van der Waals surface area contributed by atoms with Crippen LogP contribution in [0.2, 0.25) is 5.02 Å². The Morgan fingerprint density at radius 3 is 2.35 bits per heavy atom. The summed E-state index contributed by atoms with van der Waals surface area (Å²) in [6.45, 7) is 0. The SMILES string of the molecule is O=C(Cl)c1ccc2c(c1)C(=O)c1cccc(Cl)c1C2=O. The van der Waals surface area contributed by atoms with Crippen LogP contribution in [0.15, 0.2) is 36.4 Å². The van der Waals surface area contributed by atoms with E-state index < -0.39 is 5.24 Å². The van der Waals surface area contributed by atoms with E-state index in [1.54, 1.807) is 18.2 Å². The average Bonchev–Trinajstić information content (AvgIpc) is 2.44. The van der Waals surface area contributed by atoms with E-state index in [0.29, 0.717) is 0 Å². The Labute approximate surface area is 124 Å². The van der Waals surface area contributed by atoms with E-state index in [9.17, 15) is 14.4 Å². The van der Waals surface area contributed by atoms with Crippen molar-refractivity contribution in [2.24, 2.45) is 0 Å². The largest absolute Gasteiger partial charge is 0.289 e. The van der Waals surface area contributed by atoms with Crippen LogP contribution in [0, 0.1) is 0 Å². The van der Waals surface area contributed by atoms with Gasteiger partial charge in [0.1, 0.15) is 0 Å². The minimum Gasteiger partial charge on any atom is -0.289 e. The van der Waals surface area contributed by atoms with Gasteiger partial charge in [0.2, 0.25) is 0 Å². The lowest BCUT2D eigenvalue weighted by molar-refractivity contribution is 0.0978. The molecule has 1 aliphatic carbocycles. The Morgan fingerprint density at radius 2 is 1.65 bits per heavy atom. The summed E-state index contributed by atoms with van der Waals surface area (Å²) in [5.74, 6) is -0.661.